The van der Waals surface area contributed by atoms with Gasteiger partial charge >= 0.3 is 0 Å². The summed E-state index contributed by atoms with van der Waals surface area (Å²) in [6.07, 6.45) is 3.14. The van der Waals surface area contributed by atoms with E-state index in [1.54, 1.807) is 0 Å². The van der Waals surface area contributed by atoms with E-state index in [9.17, 15) is 0 Å². The minimum Gasteiger partial charge on any atom is -0.409 e. The molecule has 0 aromatic heterocycles. The van der Waals surface area contributed by atoms with Crippen molar-refractivity contribution in [3.8, 4) is 0 Å². The Morgan fingerprint density at radius 3 is 2.48 bits per heavy atom. The summed E-state index contributed by atoms with van der Waals surface area (Å²) in [7, 11) is 0. The first kappa shape index (κ1) is 17.5. The maximum Gasteiger partial charge on any atom is 0.144 e. The van der Waals surface area contributed by atoms with E-state index in [1.807, 2.05) is 13.8 Å². The first-order chi connectivity index (χ1) is 9.99. The van der Waals surface area contributed by atoms with Gasteiger partial charge < -0.3 is 10.9 Å². The molecule has 4 nitrogen and oxygen atoms in total. The molecule has 118 valence electrons. The van der Waals surface area contributed by atoms with E-state index in [2.05, 4.69) is 47.3 Å². The van der Waals surface area contributed by atoms with E-state index in [0.717, 1.165) is 38.9 Å². The van der Waals surface area contributed by atoms with Gasteiger partial charge in [0.15, 0.2) is 0 Å². The van der Waals surface area contributed by atoms with E-state index in [1.165, 1.54) is 5.56 Å². The van der Waals surface area contributed by atoms with Crippen LogP contribution in [0.25, 0.3) is 0 Å². The fourth-order valence-corrected chi connectivity index (χ4v) is 2.36. The first-order valence-corrected chi connectivity index (χ1v) is 7.74. The van der Waals surface area contributed by atoms with Crippen LogP contribution in [-0.4, -0.2) is 29.0 Å². The molecule has 0 fully saturated rings. The summed E-state index contributed by atoms with van der Waals surface area (Å²) in [5.74, 6) is 0.319. The highest BCUT2D eigenvalue weighted by Crippen LogP contribution is 2.23. The number of hydrogen-bond donors (Lipinski definition) is 2. The Morgan fingerprint density at radius 2 is 1.90 bits per heavy atom. The summed E-state index contributed by atoms with van der Waals surface area (Å²) in [5, 5.41) is 11.9. The molecule has 0 aliphatic carbocycles. The number of oxime groups is 1. The lowest BCUT2D eigenvalue weighted by molar-refractivity contribution is 0.266. The van der Waals surface area contributed by atoms with Gasteiger partial charge in [0.1, 0.15) is 5.84 Å². The van der Waals surface area contributed by atoms with Crippen LogP contribution in [0.2, 0.25) is 0 Å². The summed E-state index contributed by atoms with van der Waals surface area (Å²) in [6.45, 7) is 9.37. The van der Waals surface area contributed by atoms with Crippen LogP contribution in [0, 0.1) is 5.41 Å². The number of hydrogen-bond acceptors (Lipinski definition) is 3. The molecular formula is C17H29N3O. The molecule has 0 saturated heterocycles. The molecule has 1 aromatic rings. The summed E-state index contributed by atoms with van der Waals surface area (Å²) in [6, 6.07) is 10.6. The largest absolute Gasteiger partial charge is 0.409 e. The summed E-state index contributed by atoms with van der Waals surface area (Å²) < 4.78 is 0. The molecule has 0 aliphatic heterocycles. The van der Waals surface area contributed by atoms with Crippen molar-refractivity contribution in [2.24, 2.45) is 16.3 Å². The van der Waals surface area contributed by atoms with Crippen LogP contribution in [0.5, 0.6) is 0 Å². The zero-order valence-corrected chi connectivity index (χ0v) is 13.5. The minimum atomic E-state index is -0.231. The van der Waals surface area contributed by atoms with Crippen molar-refractivity contribution in [2.75, 3.05) is 13.1 Å². The zero-order chi connectivity index (χ0) is 15.7. The molecule has 0 heterocycles. The van der Waals surface area contributed by atoms with Crippen LogP contribution in [0.1, 0.15) is 45.6 Å². The molecule has 0 aliphatic rings. The monoisotopic (exact) mass is 291 g/mol. The van der Waals surface area contributed by atoms with Crippen LogP contribution >= 0.6 is 0 Å². The number of rotatable bonds is 9. The van der Waals surface area contributed by atoms with Crippen molar-refractivity contribution >= 4 is 5.84 Å². The summed E-state index contributed by atoms with van der Waals surface area (Å²) >= 11 is 0. The SMILES string of the molecule is CCN(CCCCC(C)(C)/C(N)=N/O)Cc1ccccc1. The Bertz CT molecular complexity index is 429. The van der Waals surface area contributed by atoms with Gasteiger partial charge in [0, 0.05) is 12.0 Å². The van der Waals surface area contributed by atoms with Crippen molar-refractivity contribution in [3.63, 3.8) is 0 Å². The molecule has 0 bridgehead atoms. The van der Waals surface area contributed by atoms with Gasteiger partial charge in [-0.1, -0.05) is 62.7 Å². The molecular weight excluding hydrogens is 262 g/mol. The number of benzene rings is 1. The molecule has 0 atom stereocenters. The van der Waals surface area contributed by atoms with Crippen molar-refractivity contribution < 1.29 is 5.21 Å². The lowest BCUT2D eigenvalue weighted by atomic mass is 9.86. The Hall–Kier alpha value is -1.55. The quantitative estimate of drug-likeness (QED) is 0.241. The number of nitrogens with zero attached hydrogens (tertiary/aromatic N) is 2. The van der Waals surface area contributed by atoms with Gasteiger partial charge in [-0.2, -0.15) is 0 Å². The van der Waals surface area contributed by atoms with Crippen LogP contribution in [0.4, 0.5) is 0 Å². The maximum absolute atomic E-state index is 8.77. The zero-order valence-electron chi connectivity index (χ0n) is 13.5. The summed E-state index contributed by atoms with van der Waals surface area (Å²) in [4.78, 5) is 2.45. The number of unbranched alkanes of at least 4 members (excludes halogenated alkanes) is 1. The standard InChI is InChI=1S/C17H29N3O/c1-4-20(14-15-10-6-5-7-11-15)13-9-8-12-17(2,3)16(18)19-21/h5-7,10-11,21H,4,8-9,12-14H2,1-3H3,(H2,18,19). The third-order valence-electron chi connectivity index (χ3n) is 4.02. The Balaban J connectivity index is 2.33. The molecule has 0 spiro atoms. The predicted octanol–water partition coefficient (Wildman–Crippen LogP) is 3.45. The third kappa shape index (κ3) is 6.17. The van der Waals surface area contributed by atoms with E-state index in [4.69, 9.17) is 10.9 Å². The lowest BCUT2D eigenvalue weighted by Gasteiger charge is -2.24. The molecule has 21 heavy (non-hydrogen) atoms. The van der Waals surface area contributed by atoms with Crippen molar-refractivity contribution in [2.45, 2.75) is 46.6 Å². The van der Waals surface area contributed by atoms with Crippen molar-refractivity contribution in [1.29, 1.82) is 0 Å². The second-order valence-corrected chi connectivity index (χ2v) is 6.18. The van der Waals surface area contributed by atoms with Crippen molar-refractivity contribution in [1.82, 2.24) is 4.90 Å². The summed E-state index contributed by atoms with van der Waals surface area (Å²) in [5.41, 5.74) is 6.84. The van der Waals surface area contributed by atoms with Gasteiger partial charge in [-0.25, -0.2) is 0 Å². The van der Waals surface area contributed by atoms with Crippen molar-refractivity contribution in [3.05, 3.63) is 35.9 Å². The van der Waals surface area contributed by atoms with E-state index < -0.39 is 0 Å². The topological polar surface area (TPSA) is 61.8 Å². The molecule has 0 saturated carbocycles. The fraction of sp³-hybridized carbons (Fsp3) is 0.588. The highest BCUT2D eigenvalue weighted by atomic mass is 16.4. The van der Waals surface area contributed by atoms with Gasteiger partial charge in [-0.15, -0.1) is 0 Å². The molecule has 0 radical (unpaired) electrons. The molecule has 3 N–H and O–H groups in total. The normalized spacial score (nSPS) is 12.9. The van der Waals surface area contributed by atoms with Crippen LogP contribution in [-0.2, 0) is 6.54 Å². The van der Waals surface area contributed by atoms with E-state index in [0.29, 0.717) is 5.84 Å². The van der Waals surface area contributed by atoms with Gasteiger partial charge in [0.2, 0.25) is 0 Å². The van der Waals surface area contributed by atoms with Gasteiger partial charge in [0.05, 0.1) is 0 Å². The van der Waals surface area contributed by atoms with Crippen LogP contribution in [0.3, 0.4) is 0 Å². The minimum absolute atomic E-state index is 0.231. The smallest absolute Gasteiger partial charge is 0.144 e. The van der Waals surface area contributed by atoms with Crippen LogP contribution in [0.15, 0.2) is 35.5 Å². The Labute approximate surface area is 128 Å². The fourth-order valence-electron chi connectivity index (χ4n) is 2.36. The second-order valence-electron chi connectivity index (χ2n) is 6.18. The highest BCUT2D eigenvalue weighted by molar-refractivity contribution is 5.85. The molecule has 4 heteroatoms. The average molecular weight is 291 g/mol. The average Bonchev–Trinajstić information content (AvgIpc) is 2.50. The van der Waals surface area contributed by atoms with E-state index >= 15 is 0 Å². The second kappa shape index (κ2) is 8.67. The molecule has 0 amide bonds. The van der Waals surface area contributed by atoms with Gasteiger partial charge in [-0.3, -0.25) is 4.90 Å². The number of nitrogens with two attached hydrogens (primary N) is 1. The number of amidine groups is 1. The maximum atomic E-state index is 8.77. The molecule has 0 unspecified atom stereocenters. The Morgan fingerprint density at radius 1 is 1.24 bits per heavy atom. The first-order valence-electron chi connectivity index (χ1n) is 7.74. The molecule has 1 rings (SSSR count). The Kier molecular flexibility index (Phi) is 7.23. The van der Waals surface area contributed by atoms with Crippen LogP contribution < -0.4 is 5.73 Å². The molecule has 1 aromatic carbocycles. The highest BCUT2D eigenvalue weighted by Gasteiger charge is 2.22. The van der Waals surface area contributed by atoms with Gasteiger partial charge in [0.25, 0.3) is 0 Å². The predicted molar refractivity (Wildman–Crippen MR) is 88.4 cm³/mol. The lowest BCUT2D eigenvalue weighted by Crippen LogP contribution is -2.32. The third-order valence-corrected chi connectivity index (χ3v) is 4.02. The van der Waals surface area contributed by atoms with Gasteiger partial charge in [-0.05, 0) is 31.5 Å². The van der Waals surface area contributed by atoms with E-state index in [-0.39, 0.29) is 5.41 Å².